The van der Waals surface area contributed by atoms with E-state index in [9.17, 15) is 29.7 Å². The van der Waals surface area contributed by atoms with Gasteiger partial charge in [-0.25, -0.2) is 4.79 Å². The lowest BCUT2D eigenvalue weighted by molar-refractivity contribution is -0.157. The molecule has 1 fully saturated rings. The molecular weight excluding hydrogens is 494 g/mol. The number of carbonyl (C=O) groups excluding carboxylic acids is 3. The second-order valence-corrected chi connectivity index (χ2v) is 10.7. The van der Waals surface area contributed by atoms with Crippen molar-refractivity contribution in [3.05, 3.63) is 36.0 Å². The number of nitrogens with zero attached hydrogens (tertiary/aromatic N) is 1. The van der Waals surface area contributed by atoms with Gasteiger partial charge in [-0.15, -0.1) is 0 Å². The number of aliphatic hydroxyl groups is 3. The molecule has 2 aliphatic rings. The number of rotatable bonds is 6. The van der Waals surface area contributed by atoms with Crippen molar-refractivity contribution < 1.29 is 43.9 Å². The summed E-state index contributed by atoms with van der Waals surface area (Å²) in [5.41, 5.74) is -0.687. The zero-order chi connectivity index (χ0) is 28.5. The predicted molar refractivity (Wildman–Crippen MR) is 140 cm³/mol. The summed E-state index contributed by atoms with van der Waals surface area (Å²) in [6.45, 7) is 9.31. The Labute approximate surface area is 224 Å². The van der Waals surface area contributed by atoms with Gasteiger partial charge in [0.1, 0.15) is 17.8 Å². The highest BCUT2D eigenvalue weighted by Crippen LogP contribution is 2.27. The minimum atomic E-state index is -1.43. The summed E-state index contributed by atoms with van der Waals surface area (Å²) >= 11 is 0. The summed E-state index contributed by atoms with van der Waals surface area (Å²) in [4.78, 5) is 37.8. The molecular formula is C28H43NO9. The second-order valence-electron chi connectivity index (χ2n) is 10.7. The molecule has 2 rings (SSSR count). The summed E-state index contributed by atoms with van der Waals surface area (Å²) in [6, 6.07) is 0. The van der Waals surface area contributed by atoms with E-state index in [0.29, 0.717) is 13.0 Å². The van der Waals surface area contributed by atoms with Crippen LogP contribution < -0.4 is 0 Å². The Morgan fingerprint density at radius 2 is 1.95 bits per heavy atom. The zero-order valence-electron chi connectivity index (χ0n) is 23.0. The first-order valence-electron chi connectivity index (χ1n) is 13.2. The first kappa shape index (κ1) is 31.5. The minimum absolute atomic E-state index is 0.0754. The van der Waals surface area contributed by atoms with Crippen molar-refractivity contribution in [3.63, 3.8) is 0 Å². The SMILES string of the molecule is CC(=O)O[C@H]1/C=C/[C@H](C)[C@@H](/C(C)=C/C=C/[C@@H](C)COC(=O)N2CC[C@H](O)C2)OC(=O)C[C@H](O)CC[C@@]1(C)O. The fourth-order valence-electron chi connectivity index (χ4n) is 4.38. The van der Waals surface area contributed by atoms with Crippen molar-refractivity contribution in [1.82, 2.24) is 4.90 Å². The Bertz CT molecular complexity index is 910. The number of esters is 2. The van der Waals surface area contributed by atoms with Crippen LogP contribution in [0.15, 0.2) is 36.0 Å². The molecule has 0 spiro atoms. The molecule has 214 valence electrons. The van der Waals surface area contributed by atoms with Crippen LogP contribution in [0.4, 0.5) is 4.79 Å². The van der Waals surface area contributed by atoms with Crippen molar-refractivity contribution in [1.29, 1.82) is 0 Å². The Morgan fingerprint density at radius 3 is 2.58 bits per heavy atom. The number of cyclic esters (lactones) is 1. The van der Waals surface area contributed by atoms with Crippen LogP contribution in [-0.2, 0) is 23.8 Å². The molecule has 0 aromatic rings. The Kier molecular flexibility index (Phi) is 12.0. The molecule has 0 saturated carbocycles. The number of allylic oxidation sites excluding steroid dienone is 2. The Balaban J connectivity index is 2.11. The van der Waals surface area contributed by atoms with E-state index in [0.717, 1.165) is 5.57 Å². The van der Waals surface area contributed by atoms with Gasteiger partial charge in [-0.05, 0) is 44.8 Å². The van der Waals surface area contributed by atoms with E-state index < -0.39 is 48.0 Å². The molecule has 7 atom stereocenters. The van der Waals surface area contributed by atoms with Crippen LogP contribution in [0.1, 0.15) is 60.3 Å². The number of carbonyl (C=O) groups is 3. The normalized spacial score (nSPS) is 33.2. The van der Waals surface area contributed by atoms with Crippen molar-refractivity contribution in [2.24, 2.45) is 11.8 Å². The van der Waals surface area contributed by atoms with Gasteiger partial charge in [0.15, 0.2) is 0 Å². The summed E-state index contributed by atoms with van der Waals surface area (Å²) in [7, 11) is 0. The van der Waals surface area contributed by atoms with E-state index in [1.165, 1.54) is 18.7 Å². The second kappa shape index (κ2) is 14.5. The molecule has 0 radical (unpaired) electrons. The number of aliphatic hydroxyl groups excluding tert-OH is 2. The smallest absolute Gasteiger partial charge is 0.409 e. The van der Waals surface area contributed by atoms with Gasteiger partial charge in [-0.3, -0.25) is 9.59 Å². The number of hydrogen-bond acceptors (Lipinski definition) is 9. The van der Waals surface area contributed by atoms with Crippen LogP contribution in [0.5, 0.6) is 0 Å². The van der Waals surface area contributed by atoms with Crippen molar-refractivity contribution in [3.8, 4) is 0 Å². The average Bonchev–Trinajstić information content (AvgIpc) is 3.27. The fourth-order valence-corrected chi connectivity index (χ4v) is 4.38. The molecule has 2 aliphatic heterocycles. The van der Waals surface area contributed by atoms with Crippen LogP contribution in [-0.4, -0.2) is 88.0 Å². The van der Waals surface area contributed by atoms with Crippen LogP contribution in [0.3, 0.4) is 0 Å². The van der Waals surface area contributed by atoms with Crippen molar-refractivity contribution in [2.45, 2.75) is 90.3 Å². The van der Waals surface area contributed by atoms with E-state index in [4.69, 9.17) is 14.2 Å². The number of ether oxygens (including phenoxy) is 3. The largest absolute Gasteiger partial charge is 0.457 e. The van der Waals surface area contributed by atoms with Gasteiger partial charge in [0.05, 0.1) is 25.2 Å². The highest BCUT2D eigenvalue weighted by molar-refractivity contribution is 5.70. The van der Waals surface area contributed by atoms with E-state index in [1.54, 1.807) is 24.3 Å². The molecule has 1 amide bonds. The third-order valence-corrected chi connectivity index (χ3v) is 6.76. The van der Waals surface area contributed by atoms with Crippen molar-refractivity contribution >= 4 is 18.0 Å². The highest BCUT2D eigenvalue weighted by atomic mass is 16.6. The van der Waals surface area contributed by atoms with E-state index in [2.05, 4.69) is 0 Å². The van der Waals surface area contributed by atoms with Gasteiger partial charge in [0, 0.05) is 31.8 Å². The molecule has 0 aromatic carbocycles. The summed E-state index contributed by atoms with van der Waals surface area (Å²) in [5.74, 6) is -1.50. The lowest BCUT2D eigenvalue weighted by Gasteiger charge is -2.32. The first-order valence-corrected chi connectivity index (χ1v) is 13.2. The van der Waals surface area contributed by atoms with Gasteiger partial charge in [0.2, 0.25) is 0 Å². The molecule has 0 unspecified atom stereocenters. The number of likely N-dealkylation sites (tertiary alicyclic amines) is 1. The predicted octanol–water partition coefficient (Wildman–Crippen LogP) is 2.66. The maximum atomic E-state index is 12.5. The third-order valence-electron chi connectivity index (χ3n) is 6.76. The molecule has 0 aliphatic carbocycles. The van der Waals surface area contributed by atoms with Crippen LogP contribution in [0.25, 0.3) is 0 Å². The van der Waals surface area contributed by atoms with Gasteiger partial charge >= 0.3 is 18.0 Å². The molecule has 2 heterocycles. The van der Waals surface area contributed by atoms with Gasteiger partial charge in [-0.2, -0.15) is 0 Å². The van der Waals surface area contributed by atoms with E-state index in [1.807, 2.05) is 26.8 Å². The maximum absolute atomic E-state index is 12.5. The molecule has 0 bridgehead atoms. The molecule has 0 aromatic heterocycles. The topological polar surface area (TPSA) is 143 Å². The number of amides is 1. The molecule has 3 N–H and O–H groups in total. The average molecular weight is 538 g/mol. The maximum Gasteiger partial charge on any atom is 0.409 e. The van der Waals surface area contributed by atoms with Gasteiger partial charge in [0.25, 0.3) is 0 Å². The lowest BCUT2D eigenvalue weighted by Crippen LogP contribution is -2.42. The number of β-amino-alcohol motifs (C(OH)–C–C–N with tert-alkyl or cyclic N) is 1. The summed E-state index contributed by atoms with van der Waals surface area (Å²) < 4.78 is 16.4. The quantitative estimate of drug-likeness (QED) is 0.202. The Morgan fingerprint density at radius 1 is 1.24 bits per heavy atom. The van der Waals surface area contributed by atoms with E-state index >= 15 is 0 Å². The number of hydrogen-bond donors (Lipinski definition) is 3. The highest BCUT2D eigenvalue weighted by Gasteiger charge is 2.35. The fraction of sp³-hybridized carbons (Fsp3) is 0.679. The summed E-state index contributed by atoms with van der Waals surface area (Å²) in [6.07, 6.45) is 5.86. The van der Waals surface area contributed by atoms with Gasteiger partial charge in [-0.1, -0.05) is 38.2 Å². The Hall–Kier alpha value is -2.69. The third kappa shape index (κ3) is 10.2. The van der Waals surface area contributed by atoms with Crippen LogP contribution in [0.2, 0.25) is 0 Å². The summed E-state index contributed by atoms with van der Waals surface area (Å²) in [5, 5.41) is 30.8. The molecule has 1 saturated heterocycles. The van der Waals surface area contributed by atoms with E-state index in [-0.39, 0.29) is 44.2 Å². The monoisotopic (exact) mass is 537 g/mol. The zero-order valence-corrected chi connectivity index (χ0v) is 23.0. The molecule has 38 heavy (non-hydrogen) atoms. The van der Waals surface area contributed by atoms with Crippen LogP contribution in [0, 0.1) is 11.8 Å². The van der Waals surface area contributed by atoms with Gasteiger partial charge < -0.3 is 34.4 Å². The molecule has 10 nitrogen and oxygen atoms in total. The molecule has 10 heteroatoms. The van der Waals surface area contributed by atoms with Crippen molar-refractivity contribution in [2.75, 3.05) is 19.7 Å². The minimum Gasteiger partial charge on any atom is -0.457 e. The first-order chi connectivity index (χ1) is 17.8. The lowest BCUT2D eigenvalue weighted by atomic mass is 9.88. The standard InChI is InChI=1S/C28H43NO9/c1-18(17-36-27(34)29-14-12-23(32)16-29)7-6-8-19(2)26-20(3)9-10-24(37-21(4)30)28(5,35)13-11-22(31)15-25(33)38-26/h6-10,18,20,22-24,26,31-32,35H,11-17H2,1-5H3/b7-6+,10-9+,19-8+/t18-,20+,22-,23+,24+,26-,28-/m1/s1. The van der Waals surface area contributed by atoms with Crippen LogP contribution >= 0.6 is 0 Å².